The van der Waals surface area contributed by atoms with Crippen LogP contribution in [0.15, 0.2) is 0 Å². The first-order valence-electron chi connectivity index (χ1n) is 4.31. The molecule has 0 aromatic carbocycles. The molecule has 2 aliphatic heterocycles. The van der Waals surface area contributed by atoms with Gasteiger partial charge < -0.3 is 9.47 Å². The molecule has 13 heavy (non-hydrogen) atoms. The maximum absolute atomic E-state index is 10.9. The lowest BCUT2D eigenvalue weighted by Crippen LogP contribution is -2.48. The van der Waals surface area contributed by atoms with Crippen molar-refractivity contribution < 1.29 is 19.1 Å². The van der Waals surface area contributed by atoms with E-state index in [4.69, 9.17) is 4.74 Å². The molecule has 0 N–H and O–H groups in total. The molecule has 0 saturated carbocycles. The summed E-state index contributed by atoms with van der Waals surface area (Å²) >= 11 is 0. The fraction of sp³-hybridized carbons (Fsp3) is 0.750. The van der Waals surface area contributed by atoms with Gasteiger partial charge in [0.15, 0.2) is 0 Å². The summed E-state index contributed by atoms with van der Waals surface area (Å²) in [5.41, 5.74) is 0. The van der Waals surface area contributed by atoms with Crippen molar-refractivity contribution in [2.24, 2.45) is 0 Å². The Balaban J connectivity index is 1.97. The fourth-order valence-electron chi connectivity index (χ4n) is 1.65. The number of hydrogen-bond acceptors (Lipinski definition) is 5. The van der Waals surface area contributed by atoms with Crippen LogP contribution in [-0.4, -0.2) is 49.2 Å². The molecule has 0 spiro atoms. The SMILES string of the molecule is O=C1CN(C2CCOC2)CC(=O)O1. The van der Waals surface area contributed by atoms with Crippen LogP contribution in [0.4, 0.5) is 0 Å². The van der Waals surface area contributed by atoms with Crippen molar-refractivity contribution in [2.75, 3.05) is 26.3 Å². The van der Waals surface area contributed by atoms with E-state index in [-0.39, 0.29) is 19.1 Å². The van der Waals surface area contributed by atoms with Crippen molar-refractivity contribution >= 4 is 11.9 Å². The highest BCUT2D eigenvalue weighted by molar-refractivity contribution is 5.90. The summed E-state index contributed by atoms with van der Waals surface area (Å²) in [6, 6.07) is 0.205. The third-order valence-corrected chi connectivity index (χ3v) is 2.31. The highest BCUT2D eigenvalue weighted by atomic mass is 16.6. The Morgan fingerprint density at radius 2 is 1.92 bits per heavy atom. The predicted molar refractivity (Wildman–Crippen MR) is 41.9 cm³/mol. The molecule has 0 bridgehead atoms. The molecular weight excluding hydrogens is 174 g/mol. The third kappa shape index (κ3) is 1.87. The van der Waals surface area contributed by atoms with E-state index in [9.17, 15) is 9.59 Å². The highest BCUT2D eigenvalue weighted by Crippen LogP contribution is 2.14. The van der Waals surface area contributed by atoms with Crippen molar-refractivity contribution in [3.8, 4) is 0 Å². The van der Waals surface area contributed by atoms with Gasteiger partial charge in [0, 0.05) is 12.6 Å². The van der Waals surface area contributed by atoms with Crippen LogP contribution in [0, 0.1) is 0 Å². The Labute approximate surface area is 75.6 Å². The maximum atomic E-state index is 10.9. The zero-order chi connectivity index (χ0) is 9.26. The zero-order valence-electron chi connectivity index (χ0n) is 7.19. The van der Waals surface area contributed by atoms with Crippen LogP contribution < -0.4 is 0 Å². The summed E-state index contributed by atoms with van der Waals surface area (Å²) in [6.45, 7) is 1.74. The first-order valence-corrected chi connectivity index (χ1v) is 4.31. The molecule has 72 valence electrons. The Kier molecular flexibility index (Phi) is 2.28. The number of morpholine rings is 1. The number of cyclic esters (lactones) is 2. The van der Waals surface area contributed by atoms with Crippen molar-refractivity contribution in [3.63, 3.8) is 0 Å². The van der Waals surface area contributed by atoms with Gasteiger partial charge in [0.1, 0.15) is 0 Å². The van der Waals surface area contributed by atoms with Crippen LogP contribution >= 0.6 is 0 Å². The van der Waals surface area contributed by atoms with Gasteiger partial charge in [-0.05, 0) is 6.42 Å². The van der Waals surface area contributed by atoms with Crippen molar-refractivity contribution in [1.82, 2.24) is 4.90 Å². The summed E-state index contributed by atoms with van der Waals surface area (Å²) in [5, 5.41) is 0. The van der Waals surface area contributed by atoms with Gasteiger partial charge in [0.05, 0.1) is 19.7 Å². The average molecular weight is 185 g/mol. The Bertz CT molecular complexity index is 218. The molecule has 1 unspecified atom stereocenters. The molecule has 2 rings (SSSR count). The van der Waals surface area contributed by atoms with Gasteiger partial charge in [0.2, 0.25) is 0 Å². The van der Waals surface area contributed by atoms with Gasteiger partial charge in [-0.2, -0.15) is 0 Å². The summed E-state index contributed by atoms with van der Waals surface area (Å²) in [4.78, 5) is 23.7. The third-order valence-electron chi connectivity index (χ3n) is 2.31. The van der Waals surface area contributed by atoms with Crippen LogP contribution in [0.25, 0.3) is 0 Å². The number of ether oxygens (including phenoxy) is 2. The largest absolute Gasteiger partial charge is 0.391 e. The lowest BCUT2D eigenvalue weighted by Gasteiger charge is -2.28. The minimum Gasteiger partial charge on any atom is -0.391 e. The monoisotopic (exact) mass is 185 g/mol. The Morgan fingerprint density at radius 3 is 2.46 bits per heavy atom. The standard InChI is InChI=1S/C8H11NO4/c10-7-3-9(4-8(11)13-7)6-1-2-12-5-6/h6H,1-5H2. The van der Waals surface area contributed by atoms with Crippen LogP contribution in [0.2, 0.25) is 0 Å². The van der Waals surface area contributed by atoms with E-state index in [1.165, 1.54) is 0 Å². The second-order valence-corrected chi connectivity index (χ2v) is 3.27. The molecule has 2 saturated heterocycles. The summed E-state index contributed by atoms with van der Waals surface area (Å²) in [6.07, 6.45) is 0.889. The van der Waals surface area contributed by atoms with Crippen LogP contribution in [0.1, 0.15) is 6.42 Å². The summed E-state index contributed by atoms with van der Waals surface area (Å²) < 4.78 is 9.59. The molecule has 2 heterocycles. The Morgan fingerprint density at radius 1 is 1.23 bits per heavy atom. The molecule has 0 aromatic rings. The first kappa shape index (κ1) is 8.65. The van der Waals surface area contributed by atoms with Crippen molar-refractivity contribution in [3.05, 3.63) is 0 Å². The van der Waals surface area contributed by atoms with Gasteiger partial charge >= 0.3 is 11.9 Å². The number of carbonyl (C=O) groups is 2. The highest BCUT2D eigenvalue weighted by Gasteiger charge is 2.31. The van der Waals surface area contributed by atoms with Gasteiger partial charge in [-0.15, -0.1) is 0 Å². The predicted octanol–water partition coefficient (Wildman–Crippen LogP) is -0.839. The molecule has 0 amide bonds. The fourth-order valence-corrected chi connectivity index (χ4v) is 1.65. The van der Waals surface area contributed by atoms with Gasteiger partial charge in [0.25, 0.3) is 0 Å². The lowest BCUT2D eigenvalue weighted by molar-refractivity contribution is -0.167. The second kappa shape index (κ2) is 3.43. The van der Waals surface area contributed by atoms with E-state index in [1.807, 2.05) is 4.90 Å². The smallest absolute Gasteiger partial charge is 0.327 e. The molecule has 1 atom stereocenters. The summed E-state index contributed by atoms with van der Waals surface area (Å²) in [5.74, 6) is -0.911. The number of nitrogens with zero attached hydrogens (tertiary/aromatic N) is 1. The molecule has 0 aliphatic carbocycles. The number of hydrogen-bond donors (Lipinski definition) is 0. The van der Waals surface area contributed by atoms with Crippen LogP contribution in [-0.2, 0) is 19.1 Å². The van der Waals surface area contributed by atoms with Crippen molar-refractivity contribution in [1.29, 1.82) is 0 Å². The summed E-state index contributed by atoms with van der Waals surface area (Å²) in [7, 11) is 0. The van der Waals surface area contributed by atoms with Crippen LogP contribution in [0.3, 0.4) is 0 Å². The van der Waals surface area contributed by atoms with E-state index in [2.05, 4.69) is 4.74 Å². The molecule has 2 fully saturated rings. The molecule has 5 nitrogen and oxygen atoms in total. The minimum absolute atomic E-state index is 0.205. The molecule has 5 heteroatoms. The van der Waals surface area contributed by atoms with Gasteiger partial charge in [-0.25, -0.2) is 0 Å². The quantitative estimate of drug-likeness (QED) is 0.394. The van der Waals surface area contributed by atoms with E-state index in [0.29, 0.717) is 13.2 Å². The van der Waals surface area contributed by atoms with Gasteiger partial charge in [-0.3, -0.25) is 14.5 Å². The molecular formula is C8H11NO4. The average Bonchev–Trinajstić information content (AvgIpc) is 2.53. The number of esters is 2. The zero-order valence-corrected chi connectivity index (χ0v) is 7.19. The normalized spacial score (nSPS) is 30.6. The van der Waals surface area contributed by atoms with E-state index < -0.39 is 11.9 Å². The number of carbonyl (C=O) groups excluding carboxylic acids is 2. The lowest BCUT2D eigenvalue weighted by atomic mass is 10.2. The van der Waals surface area contributed by atoms with Gasteiger partial charge in [-0.1, -0.05) is 0 Å². The van der Waals surface area contributed by atoms with E-state index in [1.54, 1.807) is 0 Å². The second-order valence-electron chi connectivity index (χ2n) is 3.27. The van der Waals surface area contributed by atoms with Crippen LogP contribution in [0.5, 0.6) is 0 Å². The van der Waals surface area contributed by atoms with E-state index in [0.717, 1.165) is 6.42 Å². The Hall–Kier alpha value is -0.940. The van der Waals surface area contributed by atoms with Crippen molar-refractivity contribution in [2.45, 2.75) is 12.5 Å². The first-order chi connectivity index (χ1) is 6.25. The number of rotatable bonds is 1. The molecule has 2 aliphatic rings. The molecule has 0 radical (unpaired) electrons. The maximum Gasteiger partial charge on any atom is 0.327 e. The van der Waals surface area contributed by atoms with E-state index >= 15 is 0 Å². The topological polar surface area (TPSA) is 55.8 Å². The molecule has 0 aromatic heterocycles. The minimum atomic E-state index is -0.455.